The van der Waals surface area contributed by atoms with Gasteiger partial charge in [-0.05, 0) is 114 Å². The van der Waals surface area contributed by atoms with Crippen LogP contribution in [-0.4, -0.2) is 32.2 Å². The highest BCUT2D eigenvalue weighted by atomic mass is 79.9. The van der Waals surface area contributed by atoms with Crippen molar-refractivity contribution in [3.63, 3.8) is 0 Å². The number of aliphatic hydroxyl groups excluding tert-OH is 1. The molecule has 2 aromatic carbocycles. The van der Waals surface area contributed by atoms with Crippen LogP contribution in [0.5, 0.6) is 0 Å². The van der Waals surface area contributed by atoms with Gasteiger partial charge in [-0.25, -0.2) is 0 Å². The summed E-state index contributed by atoms with van der Waals surface area (Å²) in [7, 11) is -2.10. The van der Waals surface area contributed by atoms with E-state index in [1.165, 1.54) is 27.6 Å². The topological polar surface area (TPSA) is 38.7 Å². The van der Waals surface area contributed by atoms with E-state index in [1.54, 1.807) is 0 Å². The summed E-state index contributed by atoms with van der Waals surface area (Å²) in [6.45, 7) is 24.3. The lowest BCUT2D eigenvalue weighted by molar-refractivity contribution is -0.143. The predicted molar refractivity (Wildman–Crippen MR) is 187 cm³/mol. The van der Waals surface area contributed by atoms with Crippen molar-refractivity contribution in [2.45, 2.75) is 142 Å². The molecule has 0 spiro atoms. The van der Waals surface area contributed by atoms with Crippen LogP contribution in [0.1, 0.15) is 118 Å². The Kier molecular flexibility index (Phi) is 11.2. The Bertz CT molecular complexity index is 1180. The number of halogens is 1. The normalized spacial score (nSPS) is 28.1. The van der Waals surface area contributed by atoms with Crippen molar-refractivity contribution < 1.29 is 14.3 Å². The molecule has 1 N–H and O–H groups in total. The maximum atomic E-state index is 10.3. The smallest absolute Gasteiger partial charge is 0.200 e. The Morgan fingerprint density at radius 3 is 2.12 bits per heavy atom. The Labute approximate surface area is 272 Å². The first-order valence-electron chi connectivity index (χ1n) is 17.0. The van der Waals surface area contributed by atoms with E-state index in [0.717, 1.165) is 25.9 Å². The van der Waals surface area contributed by atoms with E-state index in [-0.39, 0.29) is 29.1 Å². The minimum atomic E-state index is -2.10. The SMILES string of the molecule is CC(C)[Si](OC[C@]1(C)[C@@H]([C@@H](O[C@@H](C)C[C@H](C)O)c2ccccc2)CC[C@]2(C)c3ccc(Br)cc3CC[C@@H]12)(C(C)C)C(C)C. The van der Waals surface area contributed by atoms with Crippen molar-refractivity contribution in [1.82, 2.24) is 0 Å². The monoisotopic (exact) mass is 670 g/mol. The number of fused-ring (bicyclic) bond motifs is 3. The molecule has 0 unspecified atom stereocenters. The predicted octanol–water partition coefficient (Wildman–Crippen LogP) is 10.8. The average molecular weight is 672 g/mol. The third kappa shape index (κ3) is 6.77. The minimum Gasteiger partial charge on any atom is -0.415 e. The average Bonchev–Trinajstić information content (AvgIpc) is 2.92. The van der Waals surface area contributed by atoms with Crippen LogP contribution < -0.4 is 0 Å². The van der Waals surface area contributed by atoms with Gasteiger partial charge < -0.3 is 14.3 Å². The van der Waals surface area contributed by atoms with Gasteiger partial charge in [0.2, 0.25) is 0 Å². The minimum absolute atomic E-state index is 0.0384. The number of hydrogen-bond donors (Lipinski definition) is 1. The highest BCUT2D eigenvalue weighted by Gasteiger charge is 2.59. The summed E-state index contributed by atoms with van der Waals surface area (Å²) in [5.41, 5.74) is 5.93. The maximum Gasteiger partial charge on any atom is 0.200 e. The Morgan fingerprint density at radius 2 is 1.53 bits per heavy atom. The number of hydrogen-bond acceptors (Lipinski definition) is 3. The van der Waals surface area contributed by atoms with Gasteiger partial charge in [-0.1, -0.05) is 108 Å². The van der Waals surface area contributed by atoms with E-state index in [2.05, 4.69) is 127 Å². The van der Waals surface area contributed by atoms with Crippen LogP contribution in [0, 0.1) is 17.3 Å². The standard InChI is InChI=1S/C38H59BrO3Si/c1-25(2)43(26(3)4,27(5)6)41-24-38(10)34(36(30-14-12-11-13-15-30)42-29(8)22-28(7)40)20-21-37(9)33-18-17-32(39)23-31(33)16-19-35(37)38/h11-15,17-18,23,25-29,34-36,40H,16,19-22,24H2,1-10H3/t28-,29-,34+,35+,36-,37+,38+/m0/s1. The number of rotatable bonds is 12. The van der Waals surface area contributed by atoms with Gasteiger partial charge in [0.25, 0.3) is 0 Å². The van der Waals surface area contributed by atoms with Crippen molar-refractivity contribution >= 4 is 24.2 Å². The van der Waals surface area contributed by atoms with Gasteiger partial charge in [0.05, 0.1) is 18.3 Å². The highest BCUT2D eigenvalue weighted by Crippen LogP contribution is 2.63. The molecule has 2 aromatic rings. The largest absolute Gasteiger partial charge is 0.415 e. The second-order valence-electron chi connectivity index (χ2n) is 15.4. The molecule has 43 heavy (non-hydrogen) atoms. The Hall–Kier alpha value is -0.983. The van der Waals surface area contributed by atoms with Gasteiger partial charge >= 0.3 is 0 Å². The molecule has 2 aliphatic carbocycles. The first-order chi connectivity index (χ1) is 20.2. The summed E-state index contributed by atoms with van der Waals surface area (Å²) >= 11 is 3.75. The zero-order chi connectivity index (χ0) is 31.7. The van der Waals surface area contributed by atoms with Crippen LogP contribution in [0.2, 0.25) is 16.6 Å². The molecule has 4 rings (SSSR count). The molecule has 1 fully saturated rings. The number of ether oxygens (including phenoxy) is 1. The molecule has 1 saturated carbocycles. The van der Waals surface area contributed by atoms with E-state index in [1.807, 2.05) is 6.92 Å². The highest BCUT2D eigenvalue weighted by molar-refractivity contribution is 9.10. The fraction of sp³-hybridized carbons (Fsp3) is 0.684. The lowest BCUT2D eigenvalue weighted by Gasteiger charge is -2.61. The number of benzene rings is 2. The fourth-order valence-electron chi connectivity index (χ4n) is 9.86. The van der Waals surface area contributed by atoms with Gasteiger partial charge in [-0.2, -0.15) is 0 Å². The van der Waals surface area contributed by atoms with Crippen LogP contribution in [0.25, 0.3) is 0 Å². The molecule has 7 atom stereocenters. The third-order valence-electron chi connectivity index (χ3n) is 11.7. The molecular formula is C38H59BrO3Si. The van der Waals surface area contributed by atoms with E-state index in [4.69, 9.17) is 9.16 Å². The van der Waals surface area contributed by atoms with Gasteiger partial charge in [-0.3, -0.25) is 0 Å². The van der Waals surface area contributed by atoms with Crippen LogP contribution in [-0.2, 0) is 21.0 Å². The van der Waals surface area contributed by atoms with Crippen molar-refractivity contribution in [3.05, 3.63) is 69.7 Å². The van der Waals surface area contributed by atoms with E-state index >= 15 is 0 Å². The van der Waals surface area contributed by atoms with Crippen LogP contribution in [0.15, 0.2) is 53.0 Å². The van der Waals surface area contributed by atoms with E-state index in [0.29, 0.717) is 34.9 Å². The van der Waals surface area contributed by atoms with E-state index in [9.17, 15) is 5.11 Å². The summed E-state index contributed by atoms with van der Waals surface area (Å²) < 4.78 is 15.8. The summed E-state index contributed by atoms with van der Waals surface area (Å²) in [5.74, 6) is 0.784. The summed E-state index contributed by atoms with van der Waals surface area (Å²) in [5, 5.41) is 10.3. The molecular weight excluding hydrogens is 612 g/mol. The summed E-state index contributed by atoms with van der Waals surface area (Å²) in [6.07, 6.45) is 4.66. The molecule has 0 saturated heterocycles. The third-order valence-corrected chi connectivity index (χ3v) is 18.2. The van der Waals surface area contributed by atoms with Crippen LogP contribution in [0.3, 0.4) is 0 Å². The molecule has 0 bridgehead atoms. The molecule has 0 radical (unpaired) electrons. The number of aliphatic hydroxyl groups is 1. The lowest BCUT2D eigenvalue weighted by atomic mass is 9.46. The molecule has 0 amide bonds. The van der Waals surface area contributed by atoms with Crippen molar-refractivity contribution in [2.24, 2.45) is 17.3 Å². The second kappa shape index (κ2) is 13.8. The zero-order valence-corrected chi connectivity index (χ0v) is 31.2. The zero-order valence-electron chi connectivity index (χ0n) is 28.6. The van der Waals surface area contributed by atoms with Gasteiger partial charge in [0.15, 0.2) is 8.32 Å². The maximum absolute atomic E-state index is 10.3. The molecule has 0 aliphatic heterocycles. The van der Waals surface area contributed by atoms with Crippen LogP contribution in [0.4, 0.5) is 0 Å². The first-order valence-corrected chi connectivity index (χ1v) is 19.9. The van der Waals surface area contributed by atoms with Crippen molar-refractivity contribution in [3.8, 4) is 0 Å². The Balaban J connectivity index is 1.84. The lowest BCUT2D eigenvalue weighted by Crippen LogP contribution is -2.58. The second-order valence-corrected chi connectivity index (χ2v) is 21.8. The van der Waals surface area contributed by atoms with Gasteiger partial charge in [-0.15, -0.1) is 0 Å². The fourth-order valence-corrected chi connectivity index (χ4v) is 15.8. The van der Waals surface area contributed by atoms with Gasteiger partial charge in [0, 0.05) is 11.1 Å². The summed E-state index contributed by atoms with van der Waals surface area (Å²) in [4.78, 5) is 0. The van der Waals surface area contributed by atoms with Crippen LogP contribution >= 0.6 is 15.9 Å². The van der Waals surface area contributed by atoms with Crippen molar-refractivity contribution in [2.75, 3.05) is 6.61 Å². The molecule has 5 heteroatoms. The molecule has 0 aromatic heterocycles. The molecule has 240 valence electrons. The Morgan fingerprint density at radius 1 is 0.907 bits per heavy atom. The first kappa shape index (κ1) is 34.9. The molecule has 2 aliphatic rings. The molecule has 0 heterocycles. The quantitative estimate of drug-likeness (QED) is 0.228. The van der Waals surface area contributed by atoms with Gasteiger partial charge in [0.1, 0.15) is 0 Å². The van der Waals surface area contributed by atoms with E-state index < -0.39 is 8.32 Å². The number of aryl methyl sites for hydroxylation is 1. The summed E-state index contributed by atoms with van der Waals surface area (Å²) in [6, 6.07) is 17.9. The molecule has 3 nitrogen and oxygen atoms in total. The van der Waals surface area contributed by atoms with Crippen molar-refractivity contribution in [1.29, 1.82) is 0 Å².